The van der Waals surface area contributed by atoms with E-state index in [4.69, 9.17) is 10.5 Å². The number of hydrogen-bond donors (Lipinski definition) is 1. The van der Waals surface area contributed by atoms with Crippen LogP contribution in [0.25, 0.3) is 0 Å². The van der Waals surface area contributed by atoms with Gasteiger partial charge in [-0.3, -0.25) is 0 Å². The molecule has 1 aromatic rings. The van der Waals surface area contributed by atoms with E-state index in [9.17, 15) is 9.90 Å². The number of phenolic OH excluding ortho intramolecular Hbond substituents is 1. The van der Waals surface area contributed by atoms with Gasteiger partial charge in [-0.15, -0.1) is 0 Å². The Kier molecular flexibility index (Phi) is 3.47. The molecule has 0 atom stereocenters. The number of phenols is 1. The lowest BCUT2D eigenvalue weighted by Crippen LogP contribution is -2.03. The fourth-order valence-electron chi connectivity index (χ4n) is 1.20. The van der Waals surface area contributed by atoms with Crippen LogP contribution in [0.3, 0.4) is 0 Å². The van der Waals surface area contributed by atoms with Crippen LogP contribution in [0, 0.1) is 22.7 Å². The van der Waals surface area contributed by atoms with Crippen molar-refractivity contribution < 1.29 is 14.6 Å². The normalized spacial score (nSPS) is 9.25. The highest BCUT2D eigenvalue weighted by molar-refractivity contribution is 5.89. The van der Waals surface area contributed by atoms with Gasteiger partial charge in [-0.25, -0.2) is 4.79 Å². The Morgan fingerprint density at radius 2 is 2.06 bits per heavy atom. The third kappa shape index (κ3) is 2.10. The van der Waals surface area contributed by atoms with Crippen LogP contribution >= 0.6 is 0 Å². The zero-order valence-electron chi connectivity index (χ0n) is 8.47. The van der Waals surface area contributed by atoms with Crippen molar-refractivity contribution in [1.82, 2.24) is 0 Å². The van der Waals surface area contributed by atoms with Gasteiger partial charge in [0.1, 0.15) is 5.75 Å². The molecule has 0 heterocycles. The first kappa shape index (κ1) is 11.5. The summed E-state index contributed by atoms with van der Waals surface area (Å²) in [6.45, 7) is 0. The molecule has 5 heteroatoms. The Morgan fingerprint density at radius 1 is 1.44 bits per heavy atom. The number of benzene rings is 1. The van der Waals surface area contributed by atoms with Gasteiger partial charge < -0.3 is 9.84 Å². The molecule has 5 nitrogen and oxygen atoms in total. The molecule has 0 unspecified atom stereocenters. The van der Waals surface area contributed by atoms with E-state index in [1.54, 1.807) is 12.1 Å². The van der Waals surface area contributed by atoms with Crippen LogP contribution in [0.1, 0.15) is 21.8 Å². The molecule has 0 amide bonds. The number of nitrogens with zero attached hydrogens (tertiary/aromatic N) is 2. The Hall–Kier alpha value is -2.53. The molecule has 16 heavy (non-hydrogen) atoms. The van der Waals surface area contributed by atoms with Gasteiger partial charge in [-0.1, -0.05) is 0 Å². The number of rotatable bonds is 2. The topological polar surface area (TPSA) is 94.1 Å². The maximum Gasteiger partial charge on any atom is 0.337 e. The summed E-state index contributed by atoms with van der Waals surface area (Å²) in [5.74, 6) is -1.89. The largest absolute Gasteiger partial charge is 0.508 e. The number of esters is 1. The molecule has 1 aromatic carbocycles. The van der Waals surface area contributed by atoms with Crippen LogP contribution in [-0.4, -0.2) is 18.2 Å². The second-order valence-corrected chi connectivity index (χ2v) is 2.96. The summed E-state index contributed by atoms with van der Waals surface area (Å²) in [6.07, 6.45) is 0. The highest BCUT2D eigenvalue weighted by atomic mass is 16.5. The number of methoxy groups -OCH3 is 1. The average molecular weight is 216 g/mol. The predicted molar refractivity (Wildman–Crippen MR) is 53.4 cm³/mol. The summed E-state index contributed by atoms with van der Waals surface area (Å²) < 4.78 is 4.49. The molecule has 0 fully saturated rings. The minimum atomic E-state index is -1.11. The standard InChI is InChI=1S/C11H8N2O3/c1-16-11(15)7-2-3-10(14)9(4-7)8(5-12)6-13/h2-4,8,14H,1H3. The zero-order valence-corrected chi connectivity index (χ0v) is 8.47. The number of carbonyl (C=O) groups excluding carboxylic acids is 1. The van der Waals surface area contributed by atoms with Gasteiger partial charge in [-0.05, 0) is 18.2 Å². The average Bonchev–Trinajstić information content (AvgIpc) is 2.32. The number of nitriles is 2. The van der Waals surface area contributed by atoms with E-state index in [1.807, 2.05) is 0 Å². The molecule has 1 rings (SSSR count). The second-order valence-electron chi connectivity index (χ2n) is 2.96. The molecule has 1 N–H and O–H groups in total. The predicted octanol–water partition coefficient (Wildman–Crippen LogP) is 1.31. The molecule has 0 aromatic heterocycles. The van der Waals surface area contributed by atoms with Crippen molar-refractivity contribution >= 4 is 5.97 Å². The molecule has 0 spiro atoms. The van der Waals surface area contributed by atoms with E-state index >= 15 is 0 Å². The first-order chi connectivity index (χ1) is 7.63. The molecule has 0 saturated carbocycles. The number of ether oxygens (including phenoxy) is 1. The van der Waals surface area contributed by atoms with Gasteiger partial charge in [-0.2, -0.15) is 10.5 Å². The van der Waals surface area contributed by atoms with E-state index in [-0.39, 0.29) is 16.9 Å². The lowest BCUT2D eigenvalue weighted by atomic mass is 9.99. The van der Waals surface area contributed by atoms with Crippen LogP contribution in [-0.2, 0) is 4.74 Å². The monoisotopic (exact) mass is 216 g/mol. The molecular weight excluding hydrogens is 208 g/mol. The summed E-state index contributed by atoms with van der Waals surface area (Å²) in [5.41, 5.74) is 0.290. The molecular formula is C11H8N2O3. The van der Waals surface area contributed by atoms with Crippen LogP contribution in [0.5, 0.6) is 5.75 Å². The smallest absolute Gasteiger partial charge is 0.337 e. The lowest BCUT2D eigenvalue weighted by molar-refractivity contribution is 0.0600. The Labute approximate surface area is 92.1 Å². The first-order valence-electron chi connectivity index (χ1n) is 4.34. The molecule has 0 aliphatic carbocycles. The summed E-state index contributed by atoms with van der Waals surface area (Å²) in [5, 5.41) is 26.8. The van der Waals surface area contributed by atoms with E-state index in [2.05, 4.69) is 4.74 Å². The van der Waals surface area contributed by atoms with E-state index in [1.165, 1.54) is 25.3 Å². The van der Waals surface area contributed by atoms with E-state index < -0.39 is 11.9 Å². The van der Waals surface area contributed by atoms with Gasteiger partial charge >= 0.3 is 5.97 Å². The van der Waals surface area contributed by atoms with Crippen LogP contribution in [0.4, 0.5) is 0 Å². The van der Waals surface area contributed by atoms with Crippen molar-refractivity contribution in [3.05, 3.63) is 29.3 Å². The minimum Gasteiger partial charge on any atom is -0.508 e. The second kappa shape index (κ2) is 4.81. The zero-order chi connectivity index (χ0) is 12.1. The van der Waals surface area contributed by atoms with Gasteiger partial charge in [0.2, 0.25) is 0 Å². The van der Waals surface area contributed by atoms with Crippen LogP contribution < -0.4 is 0 Å². The minimum absolute atomic E-state index is 0.105. The third-order valence-corrected chi connectivity index (χ3v) is 2.02. The number of carbonyl (C=O) groups is 1. The Balaban J connectivity index is 3.25. The number of aromatic hydroxyl groups is 1. The Morgan fingerprint density at radius 3 is 2.56 bits per heavy atom. The molecule has 0 bridgehead atoms. The fourth-order valence-corrected chi connectivity index (χ4v) is 1.20. The van der Waals surface area contributed by atoms with Gasteiger partial charge in [0.25, 0.3) is 0 Å². The summed E-state index contributed by atoms with van der Waals surface area (Å²) in [6, 6.07) is 7.33. The Bertz CT molecular complexity index is 483. The van der Waals surface area contributed by atoms with Gasteiger partial charge in [0, 0.05) is 5.56 Å². The molecule has 0 aliphatic rings. The molecule has 0 saturated heterocycles. The van der Waals surface area contributed by atoms with Gasteiger partial charge in [0.15, 0.2) is 5.92 Å². The van der Waals surface area contributed by atoms with Crippen molar-refractivity contribution in [1.29, 1.82) is 10.5 Å². The third-order valence-electron chi connectivity index (χ3n) is 2.02. The molecule has 80 valence electrons. The SMILES string of the molecule is COC(=O)c1ccc(O)c(C(C#N)C#N)c1. The van der Waals surface area contributed by atoms with E-state index in [0.29, 0.717) is 0 Å². The van der Waals surface area contributed by atoms with Crippen molar-refractivity contribution in [2.45, 2.75) is 5.92 Å². The quantitative estimate of drug-likeness (QED) is 0.752. The summed E-state index contributed by atoms with van der Waals surface area (Å²) in [7, 11) is 1.22. The maximum atomic E-state index is 11.2. The fraction of sp³-hybridized carbons (Fsp3) is 0.182. The van der Waals surface area contributed by atoms with Crippen molar-refractivity contribution in [2.75, 3.05) is 7.11 Å². The van der Waals surface area contributed by atoms with Gasteiger partial charge in [0.05, 0.1) is 24.8 Å². The summed E-state index contributed by atoms with van der Waals surface area (Å²) >= 11 is 0. The van der Waals surface area contributed by atoms with Crippen LogP contribution in [0.2, 0.25) is 0 Å². The maximum absolute atomic E-state index is 11.2. The number of hydrogen-bond acceptors (Lipinski definition) is 5. The lowest BCUT2D eigenvalue weighted by Gasteiger charge is -2.06. The first-order valence-corrected chi connectivity index (χ1v) is 4.34. The highest BCUT2D eigenvalue weighted by Gasteiger charge is 2.16. The van der Waals surface area contributed by atoms with Crippen LogP contribution in [0.15, 0.2) is 18.2 Å². The van der Waals surface area contributed by atoms with Crippen molar-refractivity contribution in [2.24, 2.45) is 0 Å². The summed E-state index contributed by atoms with van der Waals surface area (Å²) in [4.78, 5) is 11.2. The van der Waals surface area contributed by atoms with E-state index in [0.717, 1.165) is 0 Å². The highest BCUT2D eigenvalue weighted by Crippen LogP contribution is 2.26. The molecule has 0 radical (unpaired) electrons. The molecule has 0 aliphatic heterocycles. The van der Waals surface area contributed by atoms with Crippen molar-refractivity contribution in [3.63, 3.8) is 0 Å². The van der Waals surface area contributed by atoms with Crippen molar-refractivity contribution in [3.8, 4) is 17.9 Å².